The standard InChI is InChI=1S/C8H13N3O5/c1-16-7(15)4(5(12)6(13)14)2-3-11-8(9)10/h4H,2-3H2,1H3,(H,13,14)(H4,9,10,11). The van der Waals surface area contributed by atoms with E-state index in [1.807, 2.05) is 0 Å². The third-order valence-corrected chi connectivity index (χ3v) is 1.73. The van der Waals surface area contributed by atoms with Gasteiger partial charge in [-0.3, -0.25) is 14.6 Å². The third kappa shape index (κ3) is 4.40. The summed E-state index contributed by atoms with van der Waals surface area (Å²) in [6, 6.07) is 0. The Morgan fingerprint density at radius 3 is 2.31 bits per heavy atom. The number of nitrogens with zero attached hydrogens (tertiary/aromatic N) is 1. The van der Waals surface area contributed by atoms with Crippen molar-refractivity contribution >= 4 is 23.7 Å². The monoisotopic (exact) mass is 231 g/mol. The van der Waals surface area contributed by atoms with E-state index < -0.39 is 23.6 Å². The Hall–Kier alpha value is -2.12. The van der Waals surface area contributed by atoms with Crippen molar-refractivity contribution in [2.75, 3.05) is 13.7 Å². The molecule has 8 heteroatoms. The van der Waals surface area contributed by atoms with Crippen LogP contribution in [-0.4, -0.2) is 42.4 Å². The summed E-state index contributed by atoms with van der Waals surface area (Å²) in [7, 11) is 1.06. The lowest BCUT2D eigenvalue weighted by Crippen LogP contribution is -2.32. The predicted octanol–water partition coefficient (Wildman–Crippen LogP) is -1.91. The molecule has 5 N–H and O–H groups in total. The Balaban J connectivity index is 4.57. The van der Waals surface area contributed by atoms with Gasteiger partial charge in [0.1, 0.15) is 5.92 Å². The van der Waals surface area contributed by atoms with Crippen LogP contribution in [0.2, 0.25) is 0 Å². The summed E-state index contributed by atoms with van der Waals surface area (Å²) in [6.45, 7) is -0.0267. The van der Waals surface area contributed by atoms with Gasteiger partial charge in [-0.2, -0.15) is 0 Å². The van der Waals surface area contributed by atoms with Crippen LogP contribution in [0, 0.1) is 5.92 Å². The van der Waals surface area contributed by atoms with Crippen molar-refractivity contribution in [3.05, 3.63) is 0 Å². The minimum Gasteiger partial charge on any atom is -0.475 e. The van der Waals surface area contributed by atoms with Crippen LogP contribution in [0.4, 0.5) is 0 Å². The molecule has 0 amide bonds. The highest BCUT2D eigenvalue weighted by atomic mass is 16.5. The molecule has 0 radical (unpaired) electrons. The second-order valence-corrected chi connectivity index (χ2v) is 2.84. The molecule has 1 atom stereocenters. The van der Waals surface area contributed by atoms with E-state index in [9.17, 15) is 14.4 Å². The number of nitrogens with two attached hydrogens (primary N) is 2. The zero-order valence-electron chi connectivity index (χ0n) is 8.67. The van der Waals surface area contributed by atoms with E-state index in [1.165, 1.54) is 0 Å². The van der Waals surface area contributed by atoms with Gasteiger partial charge in [-0.25, -0.2) is 4.79 Å². The second kappa shape index (κ2) is 6.38. The molecular formula is C8H13N3O5. The first-order valence-electron chi connectivity index (χ1n) is 4.30. The first-order valence-corrected chi connectivity index (χ1v) is 4.30. The van der Waals surface area contributed by atoms with Gasteiger partial charge >= 0.3 is 11.9 Å². The van der Waals surface area contributed by atoms with Crippen molar-refractivity contribution in [2.24, 2.45) is 22.4 Å². The highest BCUT2D eigenvalue weighted by molar-refractivity contribution is 6.37. The van der Waals surface area contributed by atoms with E-state index in [-0.39, 0.29) is 18.9 Å². The van der Waals surface area contributed by atoms with Crippen LogP contribution in [0.25, 0.3) is 0 Å². The molecule has 0 aliphatic rings. The van der Waals surface area contributed by atoms with Gasteiger partial charge in [0, 0.05) is 6.54 Å². The van der Waals surface area contributed by atoms with E-state index in [4.69, 9.17) is 16.6 Å². The molecule has 0 fully saturated rings. The SMILES string of the molecule is COC(=O)C(CCN=C(N)N)C(=O)C(=O)O. The van der Waals surface area contributed by atoms with E-state index in [0.717, 1.165) is 7.11 Å². The molecule has 16 heavy (non-hydrogen) atoms. The first-order chi connectivity index (χ1) is 7.40. The summed E-state index contributed by atoms with van der Waals surface area (Å²) >= 11 is 0. The molecule has 1 unspecified atom stereocenters. The fraction of sp³-hybridized carbons (Fsp3) is 0.500. The number of esters is 1. The lowest BCUT2D eigenvalue weighted by atomic mass is 10.0. The number of rotatable bonds is 6. The number of guanidine groups is 1. The zero-order valence-corrected chi connectivity index (χ0v) is 8.67. The average molecular weight is 231 g/mol. The normalized spacial score (nSPS) is 11.3. The maximum absolute atomic E-state index is 11.1. The lowest BCUT2D eigenvalue weighted by molar-refractivity contribution is -0.158. The van der Waals surface area contributed by atoms with Crippen LogP contribution in [0.5, 0.6) is 0 Å². The minimum atomic E-state index is -1.69. The molecule has 0 saturated carbocycles. The van der Waals surface area contributed by atoms with Crippen molar-refractivity contribution < 1.29 is 24.2 Å². The number of carboxylic acids is 1. The topological polar surface area (TPSA) is 145 Å². The van der Waals surface area contributed by atoms with E-state index in [0.29, 0.717) is 0 Å². The largest absolute Gasteiger partial charge is 0.475 e. The van der Waals surface area contributed by atoms with Gasteiger partial charge in [0.05, 0.1) is 7.11 Å². The molecule has 0 rings (SSSR count). The number of methoxy groups -OCH3 is 1. The van der Waals surface area contributed by atoms with Gasteiger partial charge in [0.25, 0.3) is 5.78 Å². The summed E-state index contributed by atoms with van der Waals surface area (Å²) in [5.74, 6) is -5.44. The predicted molar refractivity (Wildman–Crippen MR) is 53.4 cm³/mol. The van der Waals surface area contributed by atoms with Gasteiger partial charge in [-0.1, -0.05) is 0 Å². The van der Waals surface area contributed by atoms with Crippen molar-refractivity contribution in [3.63, 3.8) is 0 Å². The highest BCUT2D eigenvalue weighted by Crippen LogP contribution is 2.07. The molecule has 90 valence electrons. The van der Waals surface area contributed by atoms with Crippen molar-refractivity contribution in [2.45, 2.75) is 6.42 Å². The van der Waals surface area contributed by atoms with Crippen LogP contribution in [0.1, 0.15) is 6.42 Å². The number of hydrogen-bond donors (Lipinski definition) is 3. The maximum Gasteiger partial charge on any atom is 0.373 e. The third-order valence-electron chi connectivity index (χ3n) is 1.73. The Morgan fingerprint density at radius 2 is 1.94 bits per heavy atom. The summed E-state index contributed by atoms with van der Waals surface area (Å²) in [5.41, 5.74) is 10.1. The van der Waals surface area contributed by atoms with E-state index in [2.05, 4.69) is 9.73 Å². The highest BCUT2D eigenvalue weighted by Gasteiger charge is 2.31. The van der Waals surface area contributed by atoms with Gasteiger partial charge in [-0.15, -0.1) is 0 Å². The van der Waals surface area contributed by atoms with Gasteiger partial charge in [0.2, 0.25) is 0 Å². The van der Waals surface area contributed by atoms with Crippen LogP contribution in [-0.2, 0) is 19.1 Å². The van der Waals surface area contributed by atoms with Crippen molar-refractivity contribution in [1.29, 1.82) is 0 Å². The molecule has 0 aromatic rings. The fourth-order valence-electron chi connectivity index (χ4n) is 0.970. The molecule has 0 spiro atoms. The van der Waals surface area contributed by atoms with Gasteiger partial charge < -0.3 is 21.3 Å². The Kier molecular flexibility index (Phi) is 5.53. The number of hydrogen-bond acceptors (Lipinski definition) is 5. The maximum atomic E-state index is 11.1. The number of Topliss-reactive ketones (excluding diaryl/α,β-unsaturated/α-hetero) is 1. The molecule has 0 heterocycles. The van der Waals surface area contributed by atoms with E-state index >= 15 is 0 Å². The second-order valence-electron chi connectivity index (χ2n) is 2.84. The van der Waals surface area contributed by atoms with Crippen molar-refractivity contribution in [1.82, 2.24) is 0 Å². The van der Waals surface area contributed by atoms with E-state index in [1.54, 1.807) is 0 Å². The smallest absolute Gasteiger partial charge is 0.373 e. The molecule has 0 aliphatic carbocycles. The summed E-state index contributed by atoms with van der Waals surface area (Å²) in [4.78, 5) is 36.2. The Morgan fingerprint density at radius 1 is 1.38 bits per heavy atom. The first kappa shape index (κ1) is 13.9. The average Bonchev–Trinajstić information content (AvgIpc) is 2.22. The molecule has 0 aliphatic heterocycles. The van der Waals surface area contributed by atoms with Crippen LogP contribution < -0.4 is 11.5 Å². The summed E-state index contributed by atoms with van der Waals surface area (Å²) < 4.78 is 4.31. The zero-order chi connectivity index (χ0) is 12.7. The number of aliphatic imine (C=N–C) groups is 1. The number of ketones is 1. The number of ether oxygens (including phenoxy) is 1. The number of aliphatic carboxylic acids is 1. The molecule has 0 saturated heterocycles. The van der Waals surface area contributed by atoms with Gasteiger partial charge in [0.15, 0.2) is 5.96 Å². The van der Waals surface area contributed by atoms with Crippen LogP contribution in [0.3, 0.4) is 0 Å². The molecule has 0 aromatic heterocycles. The fourth-order valence-corrected chi connectivity index (χ4v) is 0.970. The number of carbonyl (C=O) groups excluding carboxylic acids is 2. The lowest BCUT2D eigenvalue weighted by Gasteiger charge is -2.09. The Bertz CT molecular complexity index is 322. The molecular weight excluding hydrogens is 218 g/mol. The minimum absolute atomic E-state index is 0.0267. The molecule has 0 bridgehead atoms. The molecule has 0 aromatic carbocycles. The van der Waals surface area contributed by atoms with Crippen molar-refractivity contribution in [3.8, 4) is 0 Å². The van der Waals surface area contributed by atoms with Gasteiger partial charge in [-0.05, 0) is 6.42 Å². The Labute approximate surface area is 91.3 Å². The van der Waals surface area contributed by atoms with Crippen LogP contribution >= 0.6 is 0 Å². The summed E-state index contributed by atoms with van der Waals surface area (Å²) in [5, 5.41) is 8.46. The quantitative estimate of drug-likeness (QED) is 0.159. The molecule has 8 nitrogen and oxygen atoms in total. The van der Waals surface area contributed by atoms with Crippen LogP contribution in [0.15, 0.2) is 4.99 Å². The number of carbonyl (C=O) groups is 3. The summed E-state index contributed by atoms with van der Waals surface area (Å²) in [6.07, 6.45) is -0.115. The number of carboxylic acid groups (broad SMARTS) is 1.